The number of likely N-dealkylation sites (tertiary alicyclic amines) is 2. The lowest BCUT2D eigenvalue weighted by Gasteiger charge is -2.26. The molecule has 2 fully saturated rings. The standard InChI is InChI=1S/C18H26N4O2/c23-16-7-4-12-21(16)13-5-9-20-18(24)17(22-10-1-2-11-22)15-6-3-8-19-14-15/h3,6,8,14,17H,1-2,4-5,7,9-13H2,(H,20,24). The van der Waals surface area contributed by atoms with Gasteiger partial charge in [-0.1, -0.05) is 6.07 Å². The minimum Gasteiger partial charge on any atom is -0.354 e. The number of hydrogen-bond acceptors (Lipinski definition) is 4. The second kappa shape index (κ2) is 8.24. The number of nitrogens with one attached hydrogen (secondary N) is 1. The van der Waals surface area contributed by atoms with Crippen LogP contribution in [0.4, 0.5) is 0 Å². The van der Waals surface area contributed by atoms with Crippen molar-refractivity contribution >= 4 is 11.8 Å². The summed E-state index contributed by atoms with van der Waals surface area (Å²) in [6.45, 7) is 4.11. The molecule has 2 aliphatic rings. The van der Waals surface area contributed by atoms with Crippen molar-refractivity contribution in [2.75, 3.05) is 32.7 Å². The van der Waals surface area contributed by atoms with Crippen molar-refractivity contribution in [1.82, 2.24) is 20.1 Å². The van der Waals surface area contributed by atoms with Crippen LogP contribution in [0.25, 0.3) is 0 Å². The Labute approximate surface area is 143 Å². The summed E-state index contributed by atoms with van der Waals surface area (Å²) < 4.78 is 0. The zero-order chi connectivity index (χ0) is 16.8. The van der Waals surface area contributed by atoms with Crippen LogP contribution in [-0.2, 0) is 9.59 Å². The summed E-state index contributed by atoms with van der Waals surface area (Å²) >= 11 is 0. The summed E-state index contributed by atoms with van der Waals surface area (Å²) in [6.07, 6.45) is 8.23. The lowest BCUT2D eigenvalue weighted by atomic mass is 10.1. The average molecular weight is 330 g/mol. The van der Waals surface area contributed by atoms with Crippen molar-refractivity contribution in [2.24, 2.45) is 0 Å². The highest BCUT2D eigenvalue weighted by Gasteiger charge is 2.29. The van der Waals surface area contributed by atoms with E-state index in [1.165, 1.54) is 0 Å². The van der Waals surface area contributed by atoms with Gasteiger partial charge < -0.3 is 10.2 Å². The normalized spacial score (nSPS) is 19.7. The van der Waals surface area contributed by atoms with Gasteiger partial charge in [0.2, 0.25) is 11.8 Å². The monoisotopic (exact) mass is 330 g/mol. The van der Waals surface area contributed by atoms with Gasteiger partial charge in [0.1, 0.15) is 6.04 Å². The van der Waals surface area contributed by atoms with Gasteiger partial charge in [-0.25, -0.2) is 0 Å². The predicted octanol–water partition coefficient (Wildman–Crippen LogP) is 1.35. The highest BCUT2D eigenvalue weighted by Crippen LogP contribution is 2.24. The van der Waals surface area contributed by atoms with E-state index >= 15 is 0 Å². The van der Waals surface area contributed by atoms with E-state index in [1.54, 1.807) is 12.4 Å². The van der Waals surface area contributed by atoms with Gasteiger partial charge in [-0.2, -0.15) is 0 Å². The highest BCUT2D eigenvalue weighted by atomic mass is 16.2. The molecule has 2 saturated heterocycles. The fourth-order valence-corrected chi connectivity index (χ4v) is 3.58. The molecule has 2 amide bonds. The topological polar surface area (TPSA) is 65.5 Å². The largest absolute Gasteiger partial charge is 0.354 e. The Bertz CT molecular complexity index is 557. The smallest absolute Gasteiger partial charge is 0.242 e. The maximum atomic E-state index is 12.7. The summed E-state index contributed by atoms with van der Waals surface area (Å²) in [4.78, 5) is 32.6. The van der Waals surface area contributed by atoms with E-state index in [0.717, 1.165) is 57.4 Å². The van der Waals surface area contributed by atoms with Crippen molar-refractivity contribution in [3.8, 4) is 0 Å². The van der Waals surface area contributed by atoms with E-state index in [2.05, 4.69) is 15.2 Å². The van der Waals surface area contributed by atoms with E-state index < -0.39 is 0 Å². The lowest BCUT2D eigenvalue weighted by Crippen LogP contribution is -2.40. The molecular weight excluding hydrogens is 304 g/mol. The van der Waals surface area contributed by atoms with Crippen molar-refractivity contribution in [3.05, 3.63) is 30.1 Å². The molecule has 1 N–H and O–H groups in total. The Morgan fingerprint density at radius 3 is 2.75 bits per heavy atom. The lowest BCUT2D eigenvalue weighted by molar-refractivity contribution is -0.127. The summed E-state index contributed by atoms with van der Waals surface area (Å²) in [5.41, 5.74) is 0.951. The minimum atomic E-state index is -0.255. The SMILES string of the molecule is O=C(NCCCN1CCCC1=O)C(c1cccnc1)N1CCCC1. The average Bonchev–Trinajstić information content (AvgIpc) is 3.25. The maximum Gasteiger partial charge on any atom is 0.242 e. The molecule has 24 heavy (non-hydrogen) atoms. The molecular formula is C18H26N4O2. The molecule has 0 saturated carbocycles. The molecule has 1 aromatic rings. The van der Waals surface area contributed by atoms with Crippen LogP contribution >= 0.6 is 0 Å². The Morgan fingerprint density at radius 1 is 1.25 bits per heavy atom. The Balaban J connectivity index is 1.52. The number of pyridine rings is 1. The molecule has 3 rings (SSSR count). The molecule has 1 unspecified atom stereocenters. The van der Waals surface area contributed by atoms with Crippen LogP contribution < -0.4 is 5.32 Å². The maximum absolute atomic E-state index is 12.7. The second-order valence-electron chi connectivity index (χ2n) is 6.56. The number of carbonyl (C=O) groups excluding carboxylic acids is 2. The molecule has 0 spiro atoms. The fourth-order valence-electron chi connectivity index (χ4n) is 3.58. The third-order valence-corrected chi connectivity index (χ3v) is 4.83. The molecule has 0 aromatic carbocycles. The highest BCUT2D eigenvalue weighted by molar-refractivity contribution is 5.83. The Kier molecular flexibility index (Phi) is 5.80. The summed E-state index contributed by atoms with van der Waals surface area (Å²) in [7, 11) is 0. The molecule has 0 bridgehead atoms. The summed E-state index contributed by atoms with van der Waals surface area (Å²) in [5.74, 6) is 0.282. The van der Waals surface area contributed by atoms with E-state index in [4.69, 9.17) is 0 Å². The van der Waals surface area contributed by atoms with Crippen LogP contribution in [0.1, 0.15) is 43.7 Å². The van der Waals surface area contributed by atoms with E-state index in [-0.39, 0.29) is 17.9 Å². The van der Waals surface area contributed by atoms with Gasteiger partial charge in [-0.15, -0.1) is 0 Å². The molecule has 2 aliphatic heterocycles. The number of rotatable bonds is 7. The van der Waals surface area contributed by atoms with E-state index in [1.807, 2.05) is 17.0 Å². The Hall–Kier alpha value is -1.95. The molecule has 0 aliphatic carbocycles. The minimum absolute atomic E-state index is 0.0395. The van der Waals surface area contributed by atoms with Gasteiger partial charge in [-0.05, 0) is 50.4 Å². The van der Waals surface area contributed by atoms with Crippen molar-refractivity contribution in [2.45, 2.75) is 38.1 Å². The summed E-state index contributed by atoms with van der Waals surface area (Å²) in [6, 6.07) is 3.60. The predicted molar refractivity (Wildman–Crippen MR) is 91.2 cm³/mol. The van der Waals surface area contributed by atoms with Gasteiger partial charge in [-0.3, -0.25) is 19.5 Å². The van der Waals surface area contributed by atoms with Gasteiger partial charge in [0.15, 0.2) is 0 Å². The molecule has 0 radical (unpaired) electrons. The van der Waals surface area contributed by atoms with E-state index in [9.17, 15) is 9.59 Å². The molecule has 3 heterocycles. The van der Waals surface area contributed by atoms with Gasteiger partial charge in [0.05, 0.1) is 0 Å². The number of amides is 2. The van der Waals surface area contributed by atoms with Gasteiger partial charge in [0.25, 0.3) is 0 Å². The van der Waals surface area contributed by atoms with Crippen molar-refractivity contribution in [3.63, 3.8) is 0 Å². The van der Waals surface area contributed by atoms with Crippen molar-refractivity contribution in [1.29, 1.82) is 0 Å². The van der Waals surface area contributed by atoms with Crippen LogP contribution in [-0.4, -0.2) is 59.3 Å². The van der Waals surface area contributed by atoms with Crippen LogP contribution in [0.2, 0.25) is 0 Å². The van der Waals surface area contributed by atoms with Crippen LogP contribution in [0.3, 0.4) is 0 Å². The van der Waals surface area contributed by atoms with E-state index in [0.29, 0.717) is 13.0 Å². The molecule has 6 nitrogen and oxygen atoms in total. The fraction of sp³-hybridized carbons (Fsp3) is 0.611. The first-order valence-electron chi connectivity index (χ1n) is 8.95. The Morgan fingerprint density at radius 2 is 2.08 bits per heavy atom. The zero-order valence-electron chi connectivity index (χ0n) is 14.1. The first kappa shape index (κ1) is 16.9. The van der Waals surface area contributed by atoms with Gasteiger partial charge in [0, 0.05) is 38.4 Å². The second-order valence-corrected chi connectivity index (χ2v) is 6.56. The summed E-state index contributed by atoms with van der Waals surface area (Å²) in [5, 5.41) is 3.05. The molecule has 6 heteroatoms. The number of aromatic nitrogens is 1. The first-order valence-corrected chi connectivity index (χ1v) is 8.95. The molecule has 1 atom stereocenters. The van der Waals surface area contributed by atoms with Crippen molar-refractivity contribution < 1.29 is 9.59 Å². The van der Waals surface area contributed by atoms with Crippen LogP contribution in [0.15, 0.2) is 24.5 Å². The number of nitrogens with zero attached hydrogens (tertiary/aromatic N) is 3. The quantitative estimate of drug-likeness (QED) is 0.767. The third-order valence-electron chi connectivity index (χ3n) is 4.83. The number of carbonyl (C=O) groups is 2. The van der Waals surface area contributed by atoms with Gasteiger partial charge >= 0.3 is 0 Å². The molecule has 1 aromatic heterocycles. The third kappa shape index (κ3) is 4.12. The molecule has 130 valence electrons. The van der Waals surface area contributed by atoms with Crippen LogP contribution in [0, 0.1) is 0 Å². The zero-order valence-corrected chi connectivity index (χ0v) is 14.1. The number of hydrogen-bond donors (Lipinski definition) is 1. The first-order chi connectivity index (χ1) is 11.8. The van der Waals surface area contributed by atoms with Crippen LogP contribution in [0.5, 0.6) is 0 Å².